The lowest BCUT2D eigenvalue weighted by Gasteiger charge is -2.41. The van der Waals surface area contributed by atoms with Crippen molar-refractivity contribution in [2.24, 2.45) is 17.1 Å². The summed E-state index contributed by atoms with van der Waals surface area (Å²) in [6.45, 7) is 6.45. The molecule has 4 nitrogen and oxygen atoms in total. The van der Waals surface area contributed by atoms with Crippen molar-refractivity contribution in [1.29, 1.82) is 0 Å². The zero-order valence-corrected chi connectivity index (χ0v) is 12.0. The molecule has 0 bridgehead atoms. The van der Waals surface area contributed by atoms with E-state index in [2.05, 4.69) is 12.2 Å². The molecule has 0 radical (unpaired) electrons. The van der Waals surface area contributed by atoms with Gasteiger partial charge in [-0.3, -0.25) is 4.79 Å². The molecule has 1 rings (SSSR count). The molecule has 1 fully saturated rings. The lowest BCUT2D eigenvalue weighted by atomic mass is 9.76. The highest BCUT2D eigenvalue weighted by Gasteiger charge is 2.39. The van der Waals surface area contributed by atoms with E-state index in [1.165, 1.54) is 0 Å². The Kier molecular flexibility index (Phi) is 5.17. The highest BCUT2D eigenvalue weighted by atomic mass is 16.3. The van der Waals surface area contributed by atoms with Crippen LogP contribution in [0.1, 0.15) is 52.9 Å². The van der Waals surface area contributed by atoms with Crippen molar-refractivity contribution < 1.29 is 9.90 Å². The zero-order chi connectivity index (χ0) is 13.8. The van der Waals surface area contributed by atoms with Gasteiger partial charge < -0.3 is 16.2 Å². The Labute approximate surface area is 110 Å². The second kappa shape index (κ2) is 6.02. The Morgan fingerprint density at radius 1 is 1.50 bits per heavy atom. The van der Waals surface area contributed by atoms with E-state index in [4.69, 9.17) is 5.73 Å². The summed E-state index contributed by atoms with van der Waals surface area (Å²) in [5, 5.41) is 12.7. The number of nitrogens with two attached hydrogens (primary N) is 1. The smallest absolute Gasteiger partial charge is 0.227 e. The monoisotopic (exact) mass is 256 g/mol. The van der Waals surface area contributed by atoms with Crippen molar-refractivity contribution in [2.75, 3.05) is 13.2 Å². The molecule has 18 heavy (non-hydrogen) atoms. The average Bonchev–Trinajstić information content (AvgIpc) is 2.40. The minimum Gasteiger partial charge on any atom is -0.394 e. The van der Waals surface area contributed by atoms with Crippen LogP contribution in [-0.2, 0) is 4.79 Å². The Balaban J connectivity index is 2.71. The Morgan fingerprint density at radius 2 is 2.06 bits per heavy atom. The van der Waals surface area contributed by atoms with E-state index in [1.54, 1.807) is 0 Å². The van der Waals surface area contributed by atoms with E-state index in [9.17, 15) is 9.90 Å². The van der Waals surface area contributed by atoms with E-state index in [-0.39, 0.29) is 12.5 Å². The summed E-state index contributed by atoms with van der Waals surface area (Å²) in [6.07, 6.45) is 4.56. The highest BCUT2D eigenvalue weighted by Crippen LogP contribution is 2.33. The Bertz CT molecular complexity index is 280. The number of rotatable bonds is 5. The average molecular weight is 256 g/mol. The van der Waals surface area contributed by atoms with E-state index in [1.807, 2.05) is 13.8 Å². The number of aliphatic hydroxyl groups excluding tert-OH is 1. The van der Waals surface area contributed by atoms with Crippen molar-refractivity contribution in [3.8, 4) is 0 Å². The fraction of sp³-hybridized carbons (Fsp3) is 0.929. The largest absolute Gasteiger partial charge is 0.394 e. The maximum Gasteiger partial charge on any atom is 0.227 e. The quantitative estimate of drug-likeness (QED) is 0.696. The lowest BCUT2D eigenvalue weighted by molar-refractivity contribution is -0.133. The van der Waals surface area contributed by atoms with Gasteiger partial charge in [0.2, 0.25) is 5.91 Å². The van der Waals surface area contributed by atoms with Gasteiger partial charge in [0.1, 0.15) is 0 Å². The third-order valence-corrected chi connectivity index (χ3v) is 4.69. The third kappa shape index (κ3) is 3.23. The van der Waals surface area contributed by atoms with Crippen LogP contribution in [0.25, 0.3) is 0 Å². The molecule has 0 heterocycles. The first-order valence-corrected chi connectivity index (χ1v) is 7.05. The molecule has 1 unspecified atom stereocenters. The molecular weight excluding hydrogens is 228 g/mol. The van der Waals surface area contributed by atoms with E-state index < -0.39 is 11.0 Å². The van der Waals surface area contributed by atoms with Gasteiger partial charge in [-0.05, 0) is 44.9 Å². The second-order valence-electron chi connectivity index (χ2n) is 6.19. The van der Waals surface area contributed by atoms with Gasteiger partial charge in [0, 0.05) is 6.54 Å². The van der Waals surface area contributed by atoms with Gasteiger partial charge in [-0.1, -0.05) is 13.8 Å². The minimum atomic E-state index is -0.523. The molecule has 1 amide bonds. The molecule has 106 valence electrons. The first kappa shape index (κ1) is 15.4. The number of aliphatic hydroxyl groups is 1. The molecular formula is C14H28N2O2. The minimum absolute atomic E-state index is 0.0175. The SMILES string of the molecule is CCC(C)(CN)C(=O)NC1(CO)CCC(C)CC1. The molecule has 0 aromatic carbocycles. The molecule has 0 aromatic rings. The predicted octanol–water partition coefficient (Wildman–Crippen LogP) is 1.42. The molecule has 0 aromatic heterocycles. The van der Waals surface area contributed by atoms with Gasteiger partial charge in [0.25, 0.3) is 0 Å². The number of carbonyl (C=O) groups excluding carboxylic acids is 1. The molecule has 1 aliphatic carbocycles. The van der Waals surface area contributed by atoms with Gasteiger partial charge in [0.15, 0.2) is 0 Å². The van der Waals surface area contributed by atoms with Crippen LogP contribution in [0, 0.1) is 11.3 Å². The second-order valence-corrected chi connectivity index (χ2v) is 6.19. The summed E-state index contributed by atoms with van der Waals surface area (Å²) in [5.41, 5.74) is 4.76. The standard InChI is InChI=1S/C14H28N2O2/c1-4-13(3,9-15)12(18)16-14(10-17)7-5-11(2)6-8-14/h11,17H,4-10,15H2,1-3H3,(H,16,18). The fourth-order valence-electron chi connectivity index (χ4n) is 2.43. The van der Waals surface area contributed by atoms with Crippen molar-refractivity contribution in [3.05, 3.63) is 0 Å². The first-order chi connectivity index (χ1) is 8.41. The number of amides is 1. The number of nitrogens with one attached hydrogen (secondary N) is 1. The van der Waals surface area contributed by atoms with E-state index in [0.29, 0.717) is 18.9 Å². The van der Waals surface area contributed by atoms with E-state index in [0.717, 1.165) is 25.7 Å². The van der Waals surface area contributed by atoms with Crippen LogP contribution in [0.3, 0.4) is 0 Å². The lowest BCUT2D eigenvalue weighted by Crippen LogP contribution is -2.57. The Morgan fingerprint density at radius 3 is 2.44 bits per heavy atom. The van der Waals surface area contributed by atoms with Crippen LogP contribution in [0.5, 0.6) is 0 Å². The number of hydrogen-bond donors (Lipinski definition) is 3. The van der Waals surface area contributed by atoms with Crippen LogP contribution in [0.15, 0.2) is 0 Å². The molecule has 0 aliphatic heterocycles. The van der Waals surface area contributed by atoms with Crippen molar-refractivity contribution in [2.45, 2.75) is 58.4 Å². The summed E-state index contributed by atoms with van der Waals surface area (Å²) in [6, 6.07) is 0. The van der Waals surface area contributed by atoms with Crippen LogP contribution in [-0.4, -0.2) is 29.7 Å². The van der Waals surface area contributed by atoms with Gasteiger partial charge in [-0.15, -0.1) is 0 Å². The van der Waals surface area contributed by atoms with Crippen molar-refractivity contribution in [3.63, 3.8) is 0 Å². The van der Waals surface area contributed by atoms with Crippen LogP contribution in [0.4, 0.5) is 0 Å². The van der Waals surface area contributed by atoms with Gasteiger partial charge in [-0.25, -0.2) is 0 Å². The number of carbonyl (C=O) groups is 1. The van der Waals surface area contributed by atoms with Gasteiger partial charge in [-0.2, -0.15) is 0 Å². The normalized spacial score (nSPS) is 31.7. The van der Waals surface area contributed by atoms with Crippen LogP contribution >= 0.6 is 0 Å². The van der Waals surface area contributed by atoms with Gasteiger partial charge >= 0.3 is 0 Å². The summed E-state index contributed by atoms with van der Waals surface area (Å²) >= 11 is 0. The maximum absolute atomic E-state index is 12.3. The molecule has 1 aliphatic rings. The zero-order valence-electron chi connectivity index (χ0n) is 12.0. The Hall–Kier alpha value is -0.610. The third-order valence-electron chi connectivity index (χ3n) is 4.69. The summed E-state index contributed by atoms with van der Waals surface area (Å²) < 4.78 is 0. The molecule has 4 N–H and O–H groups in total. The highest BCUT2D eigenvalue weighted by molar-refractivity contribution is 5.83. The number of hydrogen-bond acceptors (Lipinski definition) is 3. The van der Waals surface area contributed by atoms with Gasteiger partial charge in [0.05, 0.1) is 17.6 Å². The van der Waals surface area contributed by atoms with Crippen molar-refractivity contribution >= 4 is 5.91 Å². The molecule has 0 saturated heterocycles. The van der Waals surface area contributed by atoms with Crippen LogP contribution in [0.2, 0.25) is 0 Å². The predicted molar refractivity (Wildman–Crippen MR) is 73.0 cm³/mol. The molecule has 1 atom stereocenters. The molecule has 4 heteroatoms. The molecule has 0 spiro atoms. The summed E-state index contributed by atoms with van der Waals surface area (Å²) in [5.74, 6) is 0.671. The topological polar surface area (TPSA) is 75.4 Å². The first-order valence-electron chi connectivity index (χ1n) is 7.05. The fourth-order valence-corrected chi connectivity index (χ4v) is 2.43. The molecule has 1 saturated carbocycles. The van der Waals surface area contributed by atoms with E-state index >= 15 is 0 Å². The van der Waals surface area contributed by atoms with Crippen molar-refractivity contribution in [1.82, 2.24) is 5.32 Å². The van der Waals surface area contributed by atoms with Crippen LogP contribution < -0.4 is 11.1 Å². The summed E-state index contributed by atoms with van der Waals surface area (Å²) in [4.78, 5) is 12.3. The maximum atomic E-state index is 12.3. The summed E-state index contributed by atoms with van der Waals surface area (Å²) in [7, 11) is 0.